The molecular formula is C5H4ClF3O. The monoisotopic (exact) mass is 172 g/mol. The van der Waals surface area contributed by atoms with E-state index in [1.165, 1.54) is 0 Å². The first-order valence-electron chi connectivity index (χ1n) is 2.12. The van der Waals surface area contributed by atoms with Crippen LogP contribution in [0.5, 0.6) is 0 Å². The topological polar surface area (TPSA) is 9.23 Å². The highest BCUT2D eigenvalue weighted by molar-refractivity contribution is 6.31. The number of rotatable bonds is 2. The Morgan fingerprint density at radius 1 is 1.30 bits per heavy atom. The molecule has 0 heterocycles. The minimum Gasteiger partial charge on any atom is -0.405 e. The molecule has 5 heteroatoms. The Morgan fingerprint density at radius 3 is 1.80 bits per heavy atom. The van der Waals surface area contributed by atoms with Crippen molar-refractivity contribution in [2.75, 3.05) is 0 Å². The molecule has 0 radical (unpaired) electrons. The average Bonchev–Trinajstić information content (AvgIpc) is 1.60. The van der Waals surface area contributed by atoms with Crippen LogP contribution in [0.2, 0.25) is 0 Å². The van der Waals surface area contributed by atoms with E-state index in [1.54, 1.807) is 0 Å². The summed E-state index contributed by atoms with van der Waals surface area (Å²) < 4.78 is 37.1. The van der Waals surface area contributed by atoms with Gasteiger partial charge < -0.3 is 4.74 Å². The lowest BCUT2D eigenvalue weighted by Crippen LogP contribution is -2.12. The maximum absolute atomic E-state index is 11.3. The maximum atomic E-state index is 11.3. The van der Waals surface area contributed by atoms with Gasteiger partial charge in [-0.1, -0.05) is 24.8 Å². The molecule has 0 aromatic carbocycles. The first kappa shape index (κ1) is 9.36. The Bertz CT molecular complexity index is 161. The average molecular weight is 173 g/mol. The standard InChI is InChI=1S/C5H4ClF3O/c1-3(6)4(2)10-5(7,8)9/h1-2H2. The lowest BCUT2D eigenvalue weighted by Gasteiger charge is -2.08. The van der Waals surface area contributed by atoms with Crippen LogP contribution in [0, 0.1) is 0 Å². The second-order valence-corrected chi connectivity index (χ2v) is 1.83. The van der Waals surface area contributed by atoms with Crippen molar-refractivity contribution in [1.29, 1.82) is 0 Å². The van der Waals surface area contributed by atoms with Gasteiger partial charge in [0.1, 0.15) is 5.76 Å². The fraction of sp³-hybridized carbons (Fsp3) is 0.200. The van der Waals surface area contributed by atoms with Crippen LogP contribution < -0.4 is 0 Å². The number of alkyl halides is 3. The van der Waals surface area contributed by atoms with Gasteiger partial charge in [-0.3, -0.25) is 0 Å². The van der Waals surface area contributed by atoms with Crippen molar-refractivity contribution in [3.8, 4) is 0 Å². The summed E-state index contributed by atoms with van der Waals surface area (Å²) in [5.74, 6) is -0.686. The van der Waals surface area contributed by atoms with Crippen molar-refractivity contribution >= 4 is 11.6 Å². The quantitative estimate of drug-likeness (QED) is 0.460. The van der Waals surface area contributed by atoms with Gasteiger partial charge in [-0.25, -0.2) is 0 Å². The van der Waals surface area contributed by atoms with E-state index in [2.05, 4.69) is 17.9 Å². The highest BCUT2D eigenvalue weighted by Crippen LogP contribution is 2.24. The van der Waals surface area contributed by atoms with E-state index in [9.17, 15) is 13.2 Å². The zero-order valence-corrected chi connectivity index (χ0v) is 5.59. The van der Waals surface area contributed by atoms with Crippen molar-refractivity contribution in [3.05, 3.63) is 23.9 Å². The highest BCUT2D eigenvalue weighted by atomic mass is 35.5. The summed E-state index contributed by atoms with van der Waals surface area (Å²) in [4.78, 5) is 0. The lowest BCUT2D eigenvalue weighted by molar-refractivity contribution is -0.303. The smallest absolute Gasteiger partial charge is 0.405 e. The highest BCUT2D eigenvalue weighted by Gasteiger charge is 2.31. The third-order valence-electron chi connectivity index (χ3n) is 0.541. The van der Waals surface area contributed by atoms with Gasteiger partial charge in [0, 0.05) is 0 Å². The van der Waals surface area contributed by atoms with E-state index in [4.69, 9.17) is 11.6 Å². The van der Waals surface area contributed by atoms with Gasteiger partial charge in [-0.2, -0.15) is 0 Å². The first-order chi connectivity index (χ1) is 4.33. The molecule has 0 saturated carbocycles. The Balaban J connectivity index is 3.93. The van der Waals surface area contributed by atoms with Gasteiger partial charge in [0.15, 0.2) is 0 Å². The van der Waals surface area contributed by atoms with Gasteiger partial charge in [0.05, 0.1) is 5.03 Å². The van der Waals surface area contributed by atoms with Crippen LogP contribution in [-0.4, -0.2) is 6.36 Å². The normalized spacial score (nSPS) is 10.8. The molecule has 0 rings (SSSR count). The molecule has 0 aliphatic carbocycles. The van der Waals surface area contributed by atoms with E-state index in [0.717, 1.165) is 0 Å². The Labute approximate surface area is 60.7 Å². The predicted molar refractivity (Wildman–Crippen MR) is 31.3 cm³/mol. The summed E-state index contributed by atoms with van der Waals surface area (Å²) in [5, 5.41) is -0.364. The molecule has 0 unspecified atom stereocenters. The summed E-state index contributed by atoms with van der Waals surface area (Å²) in [5.41, 5.74) is 0. The van der Waals surface area contributed by atoms with E-state index < -0.39 is 12.1 Å². The number of ether oxygens (including phenoxy) is 1. The number of allylic oxidation sites excluding steroid dienone is 1. The first-order valence-corrected chi connectivity index (χ1v) is 2.50. The van der Waals surface area contributed by atoms with Crippen LogP contribution in [0.15, 0.2) is 23.9 Å². The van der Waals surface area contributed by atoms with Gasteiger partial charge >= 0.3 is 6.36 Å². The molecule has 0 N–H and O–H groups in total. The van der Waals surface area contributed by atoms with Crippen molar-refractivity contribution in [2.45, 2.75) is 6.36 Å². The molecule has 0 bridgehead atoms. The summed E-state index contributed by atoms with van der Waals surface area (Å²) >= 11 is 5.02. The van der Waals surface area contributed by atoms with Crippen LogP contribution in [0.4, 0.5) is 13.2 Å². The molecule has 0 aromatic rings. The molecule has 0 atom stereocenters. The fourth-order valence-corrected chi connectivity index (χ4v) is 0.234. The maximum Gasteiger partial charge on any atom is 0.573 e. The Hall–Kier alpha value is -0.640. The molecule has 0 aromatic heterocycles. The van der Waals surface area contributed by atoms with Crippen LogP contribution in [0.3, 0.4) is 0 Å². The lowest BCUT2D eigenvalue weighted by atomic mass is 10.5. The van der Waals surface area contributed by atoms with Crippen LogP contribution >= 0.6 is 11.6 Å². The van der Waals surface area contributed by atoms with Crippen molar-refractivity contribution in [2.24, 2.45) is 0 Å². The zero-order valence-electron chi connectivity index (χ0n) is 4.83. The van der Waals surface area contributed by atoms with Crippen LogP contribution in [0.25, 0.3) is 0 Å². The van der Waals surface area contributed by atoms with Crippen LogP contribution in [-0.2, 0) is 4.74 Å². The SMILES string of the molecule is C=C(Cl)C(=C)OC(F)(F)F. The molecule has 10 heavy (non-hydrogen) atoms. The summed E-state index contributed by atoms with van der Waals surface area (Å²) in [6.45, 7) is 5.85. The van der Waals surface area contributed by atoms with Gasteiger partial charge in [-0.05, 0) is 0 Å². The molecule has 58 valence electrons. The second-order valence-electron chi connectivity index (χ2n) is 1.38. The largest absolute Gasteiger partial charge is 0.573 e. The minimum absolute atomic E-state index is 0.364. The summed E-state index contributed by atoms with van der Waals surface area (Å²) in [6.07, 6.45) is -4.74. The summed E-state index contributed by atoms with van der Waals surface area (Å²) in [6, 6.07) is 0. The van der Waals surface area contributed by atoms with E-state index in [1.807, 2.05) is 0 Å². The minimum atomic E-state index is -4.74. The Morgan fingerprint density at radius 2 is 1.70 bits per heavy atom. The molecule has 0 aliphatic rings. The number of hydrogen-bond acceptors (Lipinski definition) is 1. The van der Waals surface area contributed by atoms with Gasteiger partial charge in [0.25, 0.3) is 0 Å². The molecule has 0 amide bonds. The van der Waals surface area contributed by atoms with Gasteiger partial charge in [0.2, 0.25) is 0 Å². The number of halogens is 4. The Kier molecular flexibility index (Phi) is 2.77. The molecule has 0 spiro atoms. The van der Waals surface area contributed by atoms with Crippen molar-refractivity contribution in [1.82, 2.24) is 0 Å². The van der Waals surface area contributed by atoms with Crippen LogP contribution in [0.1, 0.15) is 0 Å². The summed E-state index contributed by atoms with van der Waals surface area (Å²) in [7, 11) is 0. The van der Waals surface area contributed by atoms with E-state index >= 15 is 0 Å². The molecule has 0 saturated heterocycles. The van der Waals surface area contributed by atoms with E-state index in [-0.39, 0.29) is 5.03 Å². The third-order valence-corrected chi connectivity index (χ3v) is 0.752. The predicted octanol–water partition coefficient (Wildman–Crippen LogP) is 2.79. The zero-order chi connectivity index (χ0) is 8.36. The molecule has 0 aliphatic heterocycles. The van der Waals surface area contributed by atoms with Gasteiger partial charge in [-0.15, -0.1) is 13.2 Å². The fourth-order valence-electron chi connectivity index (χ4n) is 0.195. The second kappa shape index (κ2) is 2.96. The molecular weight excluding hydrogens is 169 g/mol. The third kappa shape index (κ3) is 4.26. The van der Waals surface area contributed by atoms with Crippen molar-refractivity contribution < 1.29 is 17.9 Å². The van der Waals surface area contributed by atoms with Crippen molar-refractivity contribution in [3.63, 3.8) is 0 Å². The molecule has 0 fully saturated rings. The molecule has 1 nitrogen and oxygen atoms in total. The van der Waals surface area contributed by atoms with E-state index in [0.29, 0.717) is 0 Å². The number of hydrogen-bond donors (Lipinski definition) is 0.